The fourth-order valence-electron chi connectivity index (χ4n) is 1.37. The third-order valence-corrected chi connectivity index (χ3v) is 2.22. The van der Waals surface area contributed by atoms with Gasteiger partial charge in [-0.25, -0.2) is 4.98 Å². The average Bonchev–Trinajstić information content (AvgIpc) is 2.68. The average molecular weight is 216 g/mol. The number of pyridine rings is 1. The van der Waals surface area contributed by atoms with E-state index in [2.05, 4.69) is 10.3 Å². The molecule has 0 aliphatic rings. The van der Waals surface area contributed by atoms with E-state index in [1.165, 1.54) is 6.20 Å². The molecule has 0 fully saturated rings. The predicted octanol–water partition coefficient (Wildman–Crippen LogP) is 1.25. The highest BCUT2D eigenvalue weighted by Gasteiger charge is 2.08. The van der Waals surface area contributed by atoms with Crippen LogP contribution in [0.3, 0.4) is 0 Å². The maximum atomic E-state index is 11.8. The van der Waals surface area contributed by atoms with Crippen molar-refractivity contribution >= 4 is 17.4 Å². The second-order valence-electron chi connectivity index (χ2n) is 3.43. The van der Waals surface area contributed by atoms with Crippen LogP contribution in [0.2, 0.25) is 0 Å². The Kier molecular flexibility index (Phi) is 2.59. The van der Waals surface area contributed by atoms with Gasteiger partial charge < -0.3 is 15.6 Å². The van der Waals surface area contributed by atoms with Crippen LogP contribution in [-0.2, 0) is 7.05 Å². The molecular formula is C11H12N4O. The Morgan fingerprint density at radius 1 is 1.44 bits per heavy atom. The first-order chi connectivity index (χ1) is 7.66. The summed E-state index contributed by atoms with van der Waals surface area (Å²) >= 11 is 0. The summed E-state index contributed by atoms with van der Waals surface area (Å²) in [5.74, 6) is 0.260. The van der Waals surface area contributed by atoms with E-state index in [4.69, 9.17) is 5.73 Å². The normalized spacial score (nSPS) is 10.1. The third-order valence-electron chi connectivity index (χ3n) is 2.22. The Labute approximate surface area is 92.9 Å². The van der Waals surface area contributed by atoms with Gasteiger partial charge in [-0.2, -0.15) is 0 Å². The SMILES string of the molecule is Cn1cccc1C(=O)Nc1ccc(N)nc1. The number of nitrogens with one attached hydrogen (secondary N) is 1. The number of hydrogen-bond acceptors (Lipinski definition) is 3. The number of amides is 1. The minimum atomic E-state index is -0.168. The number of aryl methyl sites for hydroxylation is 1. The Morgan fingerprint density at radius 3 is 2.81 bits per heavy atom. The number of nitrogens with two attached hydrogens (primary N) is 1. The van der Waals surface area contributed by atoms with Crippen LogP contribution in [0.4, 0.5) is 11.5 Å². The zero-order chi connectivity index (χ0) is 11.5. The minimum absolute atomic E-state index is 0.168. The van der Waals surface area contributed by atoms with Gasteiger partial charge in [-0.15, -0.1) is 0 Å². The van der Waals surface area contributed by atoms with Crippen LogP contribution in [0.25, 0.3) is 0 Å². The van der Waals surface area contributed by atoms with Crippen molar-refractivity contribution in [2.24, 2.45) is 7.05 Å². The lowest BCUT2D eigenvalue weighted by Crippen LogP contribution is -2.15. The van der Waals surface area contributed by atoms with Crippen LogP contribution in [0.1, 0.15) is 10.5 Å². The van der Waals surface area contributed by atoms with Crippen LogP contribution in [0.15, 0.2) is 36.7 Å². The number of nitrogens with zero attached hydrogens (tertiary/aromatic N) is 2. The smallest absolute Gasteiger partial charge is 0.272 e. The van der Waals surface area contributed by atoms with Crippen LogP contribution < -0.4 is 11.1 Å². The summed E-state index contributed by atoms with van der Waals surface area (Å²) in [6, 6.07) is 6.92. The van der Waals surface area contributed by atoms with Crippen LogP contribution in [0, 0.1) is 0 Å². The monoisotopic (exact) mass is 216 g/mol. The van der Waals surface area contributed by atoms with E-state index < -0.39 is 0 Å². The highest BCUT2D eigenvalue weighted by molar-refractivity contribution is 6.03. The lowest BCUT2D eigenvalue weighted by atomic mass is 10.3. The quantitative estimate of drug-likeness (QED) is 0.793. The van der Waals surface area contributed by atoms with E-state index in [0.717, 1.165) is 0 Å². The maximum absolute atomic E-state index is 11.8. The second-order valence-corrected chi connectivity index (χ2v) is 3.43. The Balaban J connectivity index is 2.14. The summed E-state index contributed by atoms with van der Waals surface area (Å²) in [7, 11) is 1.82. The van der Waals surface area contributed by atoms with E-state index in [-0.39, 0.29) is 5.91 Å². The molecule has 3 N–H and O–H groups in total. The summed E-state index contributed by atoms with van der Waals surface area (Å²) in [5, 5.41) is 2.73. The van der Waals surface area contributed by atoms with Gasteiger partial charge in [0.05, 0.1) is 11.9 Å². The molecule has 2 heterocycles. The molecule has 0 atom stereocenters. The second kappa shape index (κ2) is 4.06. The van der Waals surface area contributed by atoms with Gasteiger partial charge in [-0.05, 0) is 24.3 Å². The van der Waals surface area contributed by atoms with E-state index in [1.54, 1.807) is 22.8 Å². The zero-order valence-electron chi connectivity index (χ0n) is 8.84. The molecule has 0 aliphatic heterocycles. The lowest BCUT2D eigenvalue weighted by Gasteiger charge is -2.05. The van der Waals surface area contributed by atoms with Crippen molar-refractivity contribution in [1.82, 2.24) is 9.55 Å². The first-order valence-corrected chi connectivity index (χ1v) is 4.81. The molecule has 0 spiro atoms. The molecule has 0 saturated heterocycles. The summed E-state index contributed by atoms with van der Waals surface area (Å²) in [6.45, 7) is 0. The van der Waals surface area contributed by atoms with E-state index >= 15 is 0 Å². The van der Waals surface area contributed by atoms with Gasteiger partial charge in [0, 0.05) is 13.2 Å². The molecule has 0 aromatic carbocycles. The standard InChI is InChI=1S/C11H12N4O/c1-15-6-2-3-9(15)11(16)14-8-4-5-10(12)13-7-8/h2-7H,1H3,(H2,12,13)(H,14,16). The van der Waals surface area contributed by atoms with Gasteiger partial charge in [-0.3, -0.25) is 4.79 Å². The number of anilines is 2. The van der Waals surface area contributed by atoms with Gasteiger partial charge in [0.2, 0.25) is 0 Å². The number of hydrogen-bond donors (Lipinski definition) is 2. The highest BCUT2D eigenvalue weighted by Crippen LogP contribution is 2.09. The first-order valence-electron chi connectivity index (χ1n) is 4.81. The molecule has 2 rings (SSSR count). The third kappa shape index (κ3) is 2.03. The number of carbonyl (C=O) groups excluding carboxylic acids is 1. The molecule has 16 heavy (non-hydrogen) atoms. The van der Waals surface area contributed by atoms with Crippen molar-refractivity contribution in [3.8, 4) is 0 Å². The molecule has 0 radical (unpaired) electrons. The van der Waals surface area contributed by atoms with Crippen molar-refractivity contribution in [3.05, 3.63) is 42.4 Å². The highest BCUT2D eigenvalue weighted by atomic mass is 16.1. The number of aromatic nitrogens is 2. The molecule has 2 aromatic rings. The van der Waals surface area contributed by atoms with Gasteiger partial charge in [0.25, 0.3) is 5.91 Å². The molecule has 5 nitrogen and oxygen atoms in total. The maximum Gasteiger partial charge on any atom is 0.272 e. The van der Waals surface area contributed by atoms with Crippen molar-refractivity contribution in [2.75, 3.05) is 11.1 Å². The largest absolute Gasteiger partial charge is 0.384 e. The fourth-order valence-corrected chi connectivity index (χ4v) is 1.37. The van der Waals surface area contributed by atoms with E-state index in [9.17, 15) is 4.79 Å². The van der Waals surface area contributed by atoms with Gasteiger partial charge >= 0.3 is 0 Å². The van der Waals surface area contributed by atoms with Crippen molar-refractivity contribution in [1.29, 1.82) is 0 Å². The number of rotatable bonds is 2. The lowest BCUT2D eigenvalue weighted by molar-refractivity contribution is 0.101. The molecule has 0 unspecified atom stereocenters. The van der Waals surface area contributed by atoms with Crippen LogP contribution >= 0.6 is 0 Å². The molecule has 82 valence electrons. The van der Waals surface area contributed by atoms with Gasteiger partial charge in [0.15, 0.2) is 0 Å². The van der Waals surface area contributed by atoms with E-state index in [0.29, 0.717) is 17.2 Å². The first kappa shape index (κ1) is 10.2. The molecule has 1 amide bonds. The Morgan fingerprint density at radius 2 is 2.25 bits per heavy atom. The number of carbonyl (C=O) groups is 1. The molecule has 0 bridgehead atoms. The molecular weight excluding hydrogens is 204 g/mol. The zero-order valence-corrected chi connectivity index (χ0v) is 8.84. The van der Waals surface area contributed by atoms with Crippen molar-refractivity contribution < 1.29 is 4.79 Å². The molecule has 2 aromatic heterocycles. The fraction of sp³-hybridized carbons (Fsp3) is 0.0909. The summed E-state index contributed by atoms with van der Waals surface area (Å²) in [5.41, 5.74) is 6.67. The summed E-state index contributed by atoms with van der Waals surface area (Å²) in [6.07, 6.45) is 3.34. The van der Waals surface area contributed by atoms with Gasteiger partial charge in [0.1, 0.15) is 11.5 Å². The van der Waals surface area contributed by atoms with Crippen molar-refractivity contribution in [2.45, 2.75) is 0 Å². The van der Waals surface area contributed by atoms with Gasteiger partial charge in [-0.1, -0.05) is 0 Å². The predicted molar refractivity (Wildman–Crippen MR) is 62.0 cm³/mol. The minimum Gasteiger partial charge on any atom is -0.384 e. The van der Waals surface area contributed by atoms with Crippen LogP contribution in [-0.4, -0.2) is 15.5 Å². The van der Waals surface area contributed by atoms with E-state index in [1.807, 2.05) is 19.3 Å². The Bertz CT molecular complexity index is 501. The van der Waals surface area contributed by atoms with Crippen molar-refractivity contribution in [3.63, 3.8) is 0 Å². The molecule has 0 saturated carbocycles. The number of nitrogen functional groups attached to an aromatic ring is 1. The molecule has 0 aliphatic carbocycles. The van der Waals surface area contributed by atoms with Crippen LogP contribution in [0.5, 0.6) is 0 Å². The summed E-state index contributed by atoms with van der Waals surface area (Å²) < 4.78 is 1.75. The molecule has 5 heteroatoms. The Hall–Kier alpha value is -2.30. The topological polar surface area (TPSA) is 72.9 Å². The summed E-state index contributed by atoms with van der Waals surface area (Å²) in [4.78, 5) is 15.7.